The first-order valence-electron chi connectivity index (χ1n) is 156. The Bertz CT molecular complexity index is 287. The summed E-state index contributed by atoms with van der Waals surface area (Å²) in [6.45, 7) is 0. The van der Waals surface area contributed by atoms with E-state index in [4.69, 9.17) is 811 Å². The summed E-state index contributed by atoms with van der Waals surface area (Å²) < 4.78 is 2140. The van der Waals surface area contributed by atoms with Crippen LogP contribution in [0.15, 0.2) is 0 Å². The van der Waals surface area contributed by atoms with E-state index in [1.807, 2.05) is 0 Å². The van der Waals surface area contributed by atoms with Gasteiger partial charge in [0.25, 0.3) is 0 Å². The van der Waals surface area contributed by atoms with Crippen LogP contribution in [-0.2, 0) is 0 Å². The lowest BCUT2D eigenvalue weighted by atomic mass is 18.0. The van der Waals surface area contributed by atoms with E-state index < -0.39 is 0 Å². The molecule has 0 radical (unpaired) electrons. The highest BCUT2D eigenvalue weighted by Crippen LogP contribution is 1.50. The van der Waals surface area contributed by atoms with Crippen molar-refractivity contribution in [2.45, 2.75) is 0 Å². The van der Waals surface area contributed by atoms with Gasteiger partial charge in [0.15, 0.2) is 0 Å². The lowest BCUT2D eigenvalue weighted by molar-refractivity contribution is 0.108. The minimum Gasteiger partial charge on any atom is -0.269 e. The fourth-order valence-corrected chi connectivity index (χ4v) is 0. The SMILES string of the molecule is F.F.FF.FF.FF.FF.FF.FF.FF.FF.FF.FF.FF.FF.FF.FF.FF.FF.FF.FF.FF.FF.FF.FF.FF.FF.FF.FF.FF.FF.FF.FF.FF.FF.FF.FF.FF.FF.FF.FF.FF.FF.[3HH].[3HH].[3H][3H].[3H][3H].[3H][3H].[3H][3H].[3H][3H].[3H][3H].[3H][3H].[3H][3H].[3H][3H].[3H][3H].[3H][3H].[3H][3H].[3H][3H].[3H][3H].[3H][3H].[3H][3H].[3H][3H].[3H][3H].[3H][3H].[3H][3H].[3H][3H].[3H][3H].[3H][3H].[3H][3H].[3H][3H].[3H][3H].[3H][3H].[3H][3H].[3H][3H].[3H][3H].[3H][3H].[3H][3H].[3H][3H].[3H][3H].[3H][3H].[3H][3H].[3H][3H].[3H][3H].[3H][3H].[3H][3H].[3H][3H].[3H][3H].[3H][3H].[3H][3H].[3H][3H].[3H][3H].[3H][3H].[3H][3H].[3H][3H].[3H][3H].[3H][3H].[3H][3H].[3H][3H].[3H][3H].[3H][3H].[3H][3H].[3H][3H].[3H][3H].[3H][3H].[3H][3H].[3H][3H].[3H][3H].[3H][3H].[3H][3H].[3H][3H].[3H][3H].[3H][3H].[3H][3H].[3H][3H].[3H][3H].[3H][3H].[3H][3H].[3H][3H].[3H][3H].[3H][3H].[3H][3H].[3H][3H].[3H][3H].[3H][3H].[3H][3H].[3H][3H].[3H][3H].[3H][3H].[3H][3H].[3H][3H].[3H][3H].[3H][3H].[3H][3H].[3H][3H].[3H][3H].[3H][3H].[3H][3H].[3H][3H].[3H][3H].[3H][3H].[3H][3H].[3H][3H].[3H][3H].[3H][3H].[3H][3H].[3H][3H].[3H][3H].[3H][3H].[3H][3H].[3H][3H].[3H][3H].[3H][3H].[3H][3H].[3H][3H].[3H][3H].[3H][3H].[3H][3H].[3H][3H].[3H][3H].[3H][3H].[3H][3H].[3H][3H].[3H][3H].[3H][3H].[3H][3H].[3H][3H].[3H][3H].[3H][3H].[3H][3H].[3H][3H].[3H][3H].[3H][3H].[3H][3H].[3H][3H].[3H][3H].[3H][3H].[3H][3H].[3H][3H].[3H][3H].[3H][3H].[3H][3H].[3H][3H].[3H][3H].[3H][3H].[3H][3H].[3H][3H].[3H][3H].[3H][3H].[3H][3H].[3H][3H].[3H][3H].[3H][3H].[3H][3H].[3H][3H].[3H][3H]. The van der Waals surface area contributed by atoms with Crippen molar-refractivity contribution in [1.29, 1.82) is 0 Å². The van der Waals surface area contributed by atoms with Gasteiger partial charge in [0.05, 0.1) is 0 Å². The average Bonchev–Trinajstić information content (AvgIpc) is 4.83. The first kappa shape index (κ1) is 12.7. The Kier molecular flexibility index (Phi) is 1950. The normalized spacial score (nSPS) is 17.6. The molecule has 0 aliphatic heterocycles. The second-order valence-corrected chi connectivity index (χ2v) is 0. The van der Waals surface area contributed by atoms with Crippen molar-refractivity contribution < 1.29 is 824 Å². The van der Waals surface area contributed by atoms with Gasteiger partial charge < -0.3 is 0 Å². The van der Waals surface area contributed by atoms with E-state index in [2.05, 4.69) is 0 Å². The minimum absolute atomic E-state index is 0. The average molecular weight is 2470 g/mol. The van der Waals surface area contributed by atoms with Gasteiger partial charge in [-0.2, -0.15) is 0 Å². The zero-order valence-electron chi connectivity index (χ0n) is 331. The predicted molar refractivity (Wildman–Crippen MR) is 415 cm³/mol. The smallest absolute Gasteiger partial charge is 0 e. The Hall–Kier alpha value is -5.74. The molecule has 0 aromatic carbocycles. The molecule has 0 N–H and O–H groups in total. The molecule has 880 valence electrons. The van der Waals surface area contributed by atoms with E-state index in [-0.39, 0.29) is 12.3 Å². The summed E-state index contributed by atoms with van der Waals surface area (Å²) in [4.78, 5) is 0. The van der Waals surface area contributed by atoms with Crippen LogP contribution in [0.3, 0.4) is 0 Å². The molecule has 0 spiro atoms. The van der Waals surface area contributed by atoms with Crippen molar-refractivity contribution in [3.05, 3.63) is 0 Å². The highest BCUT2D eigenvalue weighted by molar-refractivity contribution is 2.19. The van der Waals surface area contributed by atoms with Gasteiger partial charge in [-0.15, -0.1) is 0 Å². The number of halogens is 82. The fraction of sp³-hybridized carbons (Fsp3) is 0. The van der Waals surface area contributed by atoms with Crippen LogP contribution in [0.4, 0.5) is 375 Å². The third-order valence-electron chi connectivity index (χ3n) is 0. The van der Waals surface area contributed by atoms with Gasteiger partial charge in [0.1, 0.15) is 0 Å². The molecule has 0 bridgehead atoms. The second kappa shape index (κ2) is 12600. The van der Waals surface area contributed by atoms with Gasteiger partial charge in [-0.3, -0.25) is 9.41 Å². The zero-order valence-corrected chi connectivity index (χ0v) is 31.1. The van der Waals surface area contributed by atoms with Gasteiger partial charge in [0, 0.05) is 814 Å². The lowest BCUT2D eigenvalue weighted by Crippen LogP contribution is -0.580. The van der Waals surface area contributed by atoms with Crippen LogP contribution in [0.25, 0.3) is 0 Å². The predicted octanol–water partition coefficient (Wildman–Crippen LogP) is 71.3. The molecule has 0 amide bonds. The van der Waals surface area contributed by atoms with Crippen molar-refractivity contribution in [1.82, 2.24) is 0 Å². The van der Waals surface area contributed by atoms with Crippen molar-refractivity contribution >= 4 is 0 Å². The van der Waals surface area contributed by atoms with Crippen molar-refractivity contribution in [2.75, 3.05) is 0 Å². The van der Waals surface area contributed by atoms with Gasteiger partial charge in [-0.1, -0.05) is 0 Å². The Balaban J connectivity index is -0.00000000492. The number of hydrogen-bond donors (Lipinski definition) is 0. The summed E-state index contributed by atoms with van der Waals surface area (Å²) in [6.07, 6.45) is 0. The van der Waals surface area contributed by atoms with E-state index in [1.165, 1.54) is 0 Å². The van der Waals surface area contributed by atoms with E-state index in [9.17, 15) is 0 Å². The van der Waals surface area contributed by atoms with Crippen molar-refractivity contribution in [2.24, 2.45) is 0 Å². The van der Waals surface area contributed by atoms with Gasteiger partial charge in [-0.25, -0.2) is 0 Å². The molecule has 0 saturated carbocycles. The summed E-state index contributed by atoms with van der Waals surface area (Å²) in [5, 5.41) is 0. The van der Waals surface area contributed by atoms with Crippen LogP contribution >= 0.6 is 0 Å². The molecule has 0 saturated heterocycles. The molecule has 0 aliphatic carbocycles. The second-order valence-electron chi connectivity index (χ2n) is 0. The van der Waals surface area contributed by atoms with Crippen molar-refractivity contribution in [3.8, 4) is 0 Å². The fourth-order valence-electron chi connectivity index (χ4n) is 0. The lowest BCUT2D eigenvalue weighted by Gasteiger charge is -1.00. The monoisotopic (exact) mass is 2470 g/mol. The van der Waals surface area contributed by atoms with Gasteiger partial charge in [-0.05, 0) is 0 Å². The Morgan fingerprint density at radius 2 is 0.0610 bits per heavy atom. The topological polar surface area (TPSA) is 0 Å². The molecule has 0 rings (SSSR count). The Morgan fingerprint density at radius 1 is 0.0610 bits per heavy atom. The molecule has 0 aromatic rings. The summed E-state index contributed by atoms with van der Waals surface area (Å²) in [7, 11) is 0. The van der Waals surface area contributed by atoms with Crippen LogP contribution < -0.4 is 0 Å². The van der Waals surface area contributed by atoms with E-state index >= 15 is 0 Å². The van der Waals surface area contributed by atoms with Crippen LogP contribution in [0.5, 0.6) is 0 Å². The molecule has 82 heavy (non-hydrogen) atoms. The summed E-state index contributed by atoms with van der Waals surface area (Å²) in [5.74, 6) is 0. The molecule has 0 nitrogen and oxygen atoms in total. The molecule has 0 aliphatic rings. The Morgan fingerprint density at radius 3 is 0.0610 bits per heavy atom. The maximum absolute atomic E-state index is 8.00. The third kappa shape index (κ3) is 12100. The number of hydrogen-bond acceptors (Lipinski definition) is 0. The van der Waals surface area contributed by atoms with Crippen LogP contribution in [0, 0.1) is 0 Å². The van der Waals surface area contributed by atoms with Gasteiger partial charge >= 0.3 is 0 Å². The maximum atomic E-state index is 8.00. The minimum atomic E-state index is 0. The highest BCUT2D eigenvalue weighted by atomic mass is 20.1. The molecular formula is H306F82. The quantitative estimate of drug-likeness (QED) is 0.212. The standard InChI is InChI=1S/40F2.2FH.152H2/c40*1-2;;;;;;;;;;;;;;;;;;;;;;;;;;;;;;;;;;;;;;;;;;;;;;;;;;;;;;;;;;;;;;;;;;;;;;;;;;;;;;;;;;;;;;;;;;;;;;;;;;;;;;;;;;;;;;;;;;;;;;;;;;;;;;;;;;;;;;;;;;;;;;;;;;;;;;;;;;/h;;;;;;;;;;;;;;;;;;;;;;;;;;;;;;;;;;;;;;;;154*1H/i;;;;;;;;;;;;;;;;;;;;;;;;;;;;;;;;;;;;;;;;;;150*1+2T;2*1+2. The Labute approximate surface area is 845 Å². The van der Waals surface area contributed by atoms with Crippen molar-refractivity contribution in [3.63, 3.8) is 0 Å². The first-order chi connectivity index (χ1) is 190. The maximum Gasteiger partial charge on any atom is 0 e. The summed E-state index contributed by atoms with van der Waals surface area (Å²) >= 11 is 0. The molecule has 0 heterocycles. The number of rotatable bonds is 0. The summed E-state index contributed by atoms with van der Waals surface area (Å²) in [6, 6.07) is 0. The highest BCUT2D eigenvalue weighted by Gasteiger charge is 1.08. The first-order valence-corrected chi connectivity index (χ1v) is 5.71. The summed E-state index contributed by atoms with van der Waals surface area (Å²) in [5.41, 5.74) is 0. The van der Waals surface area contributed by atoms with Crippen LogP contribution in [0.2, 0.25) is 0 Å². The van der Waals surface area contributed by atoms with E-state index in [0.717, 1.165) is 0 Å². The largest absolute Gasteiger partial charge is 0.269 e. The molecule has 82 heteroatoms. The molecular weight excluding hydrogens is 1560 g/mol. The van der Waals surface area contributed by atoms with Crippen LogP contribution in [-0.4, -0.2) is 0 Å². The molecule has 0 unspecified atom stereocenters. The molecule has 0 fully saturated rings. The van der Waals surface area contributed by atoms with E-state index in [0.29, 0.717) is 0 Å². The van der Waals surface area contributed by atoms with Gasteiger partial charge in [0.2, 0.25) is 0 Å². The molecule has 0 atom stereocenters. The van der Waals surface area contributed by atoms with Crippen LogP contribution in [0.1, 0.15) is 448 Å². The van der Waals surface area contributed by atoms with E-state index in [1.54, 1.807) is 0 Å². The zero-order chi connectivity index (χ0) is 380. The molecule has 0 aromatic heterocycles. The third-order valence-corrected chi connectivity index (χ3v) is 0.